The van der Waals surface area contributed by atoms with Crippen molar-refractivity contribution in [2.45, 2.75) is 13.5 Å². The lowest BCUT2D eigenvalue weighted by atomic mass is 10.0. The number of H-pyrrole nitrogens is 1. The van der Waals surface area contributed by atoms with Gasteiger partial charge in [0, 0.05) is 24.2 Å². The molecule has 1 amide bonds. The van der Waals surface area contributed by atoms with E-state index in [1.54, 1.807) is 49.8 Å². The topological polar surface area (TPSA) is 117 Å². The zero-order valence-electron chi connectivity index (χ0n) is 18.5. The van der Waals surface area contributed by atoms with Crippen molar-refractivity contribution in [2.75, 3.05) is 20.8 Å². The van der Waals surface area contributed by atoms with E-state index in [2.05, 4.69) is 26.2 Å². The number of aromatic amines is 1. The molecule has 4 aromatic rings. The third-order valence-electron chi connectivity index (χ3n) is 5.15. The Morgan fingerprint density at radius 2 is 2.06 bits per heavy atom. The summed E-state index contributed by atoms with van der Waals surface area (Å²) >= 11 is 0. The average molecular weight is 442 g/mol. The quantitative estimate of drug-likeness (QED) is 0.465. The monoisotopic (exact) mass is 442 g/mol. The van der Waals surface area contributed by atoms with E-state index in [-0.39, 0.29) is 18.1 Å². The van der Waals surface area contributed by atoms with Gasteiger partial charge in [0.1, 0.15) is 5.69 Å². The van der Waals surface area contributed by atoms with E-state index in [1.165, 1.54) is 12.0 Å². The highest BCUT2D eigenvalue weighted by molar-refractivity contribution is 5.93. The number of benzene rings is 1. The van der Waals surface area contributed by atoms with Gasteiger partial charge in [0.15, 0.2) is 0 Å². The Morgan fingerprint density at radius 3 is 2.82 bits per heavy atom. The summed E-state index contributed by atoms with van der Waals surface area (Å²) in [5.41, 5.74) is 3.76. The molecular formula is C24H22N6O3. The lowest BCUT2D eigenvalue weighted by Crippen LogP contribution is -2.27. The summed E-state index contributed by atoms with van der Waals surface area (Å²) < 4.78 is 11.1. The number of carbonyl (C=O) groups excluding carboxylic acids is 1. The zero-order valence-corrected chi connectivity index (χ0v) is 18.5. The maximum absolute atomic E-state index is 13.2. The van der Waals surface area contributed by atoms with E-state index in [0.717, 1.165) is 22.0 Å². The first kappa shape index (κ1) is 21.8. The molecule has 1 aromatic carbocycles. The summed E-state index contributed by atoms with van der Waals surface area (Å²) in [5.74, 6) is 0.468. The lowest BCUT2D eigenvalue weighted by Gasteiger charge is -2.19. The molecule has 0 bridgehead atoms. The van der Waals surface area contributed by atoms with Gasteiger partial charge in [-0.25, -0.2) is 9.97 Å². The number of ether oxygens (including phenoxy) is 2. The second kappa shape index (κ2) is 9.36. The predicted molar refractivity (Wildman–Crippen MR) is 122 cm³/mol. The smallest absolute Gasteiger partial charge is 0.272 e. The number of hydrogen-bond acceptors (Lipinski definition) is 7. The Bertz CT molecular complexity index is 1360. The molecule has 3 heterocycles. The molecule has 0 aliphatic carbocycles. The Morgan fingerprint density at radius 1 is 1.21 bits per heavy atom. The van der Waals surface area contributed by atoms with Gasteiger partial charge in [-0.3, -0.25) is 9.89 Å². The molecule has 33 heavy (non-hydrogen) atoms. The molecule has 0 aliphatic heterocycles. The van der Waals surface area contributed by atoms with Gasteiger partial charge < -0.3 is 14.4 Å². The predicted octanol–water partition coefficient (Wildman–Crippen LogP) is 3.57. The molecule has 4 rings (SSSR count). The number of methoxy groups -OCH3 is 1. The summed E-state index contributed by atoms with van der Waals surface area (Å²) in [6, 6.07) is 12.7. The summed E-state index contributed by atoms with van der Waals surface area (Å²) in [7, 11) is 3.22. The van der Waals surface area contributed by atoms with Crippen molar-refractivity contribution in [2.24, 2.45) is 0 Å². The van der Waals surface area contributed by atoms with Crippen LogP contribution in [0.5, 0.6) is 11.8 Å². The fraction of sp³-hybridized carbons (Fsp3) is 0.208. The molecule has 0 atom stereocenters. The molecule has 0 aliphatic rings. The maximum Gasteiger partial charge on any atom is 0.272 e. The highest BCUT2D eigenvalue weighted by Crippen LogP contribution is 2.30. The normalized spacial score (nSPS) is 10.6. The van der Waals surface area contributed by atoms with Crippen molar-refractivity contribution in [1.82, 2.24) is 25.1 Å². The number of amides is 1. The lowest BCUT2D eigenvalue weighted by molar-refractivity contribution is 0.0777. The Kier molecular flexibility index (Phi) is 6.17. The molecule has 3 aromatic heterocycles. The van der Waals surface area contributed by atoms with Crippen LogP contribution in [0.4, 0.5) is 0 Å². The van der Waals surface area contributed by atoms with Crippen molar-refractivity contribution in [3.05, 3.63) is 65.6 Å². The summed E-state index contributed by atoms with van der Waals surface area (Å²) in [4.78, 5) is 23.5. The van der Waals surface area contributed by atoms with Crippen molar-refractivity contribution in [3.63, 3.8) is 0 Å². The maximum atomic E-state index is 13.2. The number of aromatic nitrogens is 4. The minimum absolute atomic E-state index is 0.241. The van der Waals surface area contributed by atoms with Gasteiger partial charge in [0.25, 0.3) is 5.91 Å². The van der Waals surface area contributed by atoms with Crippen molar-refractivity contribution >= 4 is 16.8 Å². The molecule has 0 fully saturated rings. The highest BCUT2D eigenvalue weighted by atomic mass is 16.5. The number of nitrogens with zero attached hydrogens (tertiary/aromatic N) is 5. The third kappa shape index (κ3) is 4.32. The van der Waals surface area contributed by atoms with Gasteiger partial charge in [0.05, 0.1) is 49.2 Å². The number of hydrogen-bond donors (Lipinski definition) is 1. The van der Waals surface area contributed by atoms with Crippen LogP contribution in [0.2, 0.25) is 0 Å². The molecule has 0 spiro atoms. The summed E-state index contributed by atoms with van der Waals surface area (Å²) in [5, 5.41) is 17.0. The van der Waals surface area contributed by atoms with Crippen LogP contribution in [-0.4, -0.2) is 51.7 Å². The Hall–Kier alpha value is -4.45. The van der Waals surface area contributed by atoms with Crippen LogP contribution in [-0.2, 0) is 6.54 Å². The van der Waals surface area contributed by atoms with Gasteiger partial charge in [0.2, 0.25) is 11.8 Å². The van der Waals surface area contributed by atoms with Crippen molar-refractivity contribution < 1.29 is 14.3 Å². The fourth-order valence-corrected chi connectivity index (χ4v) is 3.56. The first-order valence-corrected chi connectivity index (χ1v) is 10.3. The average Bonchev–Trinajstić information content (AvgIpc) is 3.33. The largest absolute Gasteiger partial charge is 0.481 e. The molecule has 0 unspecified atom stereocenters. The Balaban J connectivity index is 1.65. The summed E-state index contributed by atoms with van der Waals surface area (Å²) in [6.07, 6.45) is 3.34. The van der Waals surface area contributed by atoms with E-state index in [4.69, 9.17) is 9.47 Å². The van der Waals surface area contributed by atoms with E-state index in [0.29, 0.717) is 29.5 Å². The van der Waals surface area contributed by atoms with Gasteiger partial charge in [-0.2, -0.15) is 10.4 Å². The first-order chi connectivity index (χ1) is 16.0. The van der Waals surface area contributed by atoms with Crippen LogP contribution in [0.3, 0.4) is 0 Å². The molecule has 0 saturated heterocycles. The van der Waals surface area contributed by atoms with Crippen LogP contribution in [0.1, 0.15) is 28.5 Å². The van der Waals surface area contributed by atoms with Gasteiger partial charge >= 0.3 is 0 Å². The highest BCUT2D eigenvalue weighted by Gasteiger charge is 2.21. The zero-order chi connectivity index (χ0) is 23.4. The number of nitrogens with one attached hydrogen (secondary N) is 1. The van der Waals surface area contributed by atoms with Crippen LogP contribution in [0.25, 0.3) is 22.0 Å². The minimum Gasteiger partial charge on any atom is -0.481 e. The minimum atomic E-state index is -0.285. The number of nitriles is 1. The summed E-state index contributed by atoms with van der Waals surface area (Å²) in [6.45, 7) is 2.48. The number of rotatable bonds is 7. The van der Waals surface area contributed by atoms with Crippen LogP contribution >= 0.6 is 0 Å². The SMILES string of the molecule is CCOc1nc(C(=O)N(C)Cc2c(OC)ncc3cn[nH]c23)ccc1-c1cccc(C#N)c1. The third-order valence-corrected chi connectivity index (χ3v) is 5.15. The molecule has 0 saturated carbocycles. The number of fused-ring (bicyclic) bond motifs is 1. The van der Waals surface area contributed by atoms with E-state index >= 15 is 0 Å². The molecule has 166 valence electrons. The van der Waals surface area contributed by atoms with Crippen LogP contribution in [0.15, 0.2) is 48.8 Å². The van der Waals surface area contributed by atoms with E-state index < -0.39 is 0 Å². The van der Waals surface area contributed by atoms with Crippen molar-refractivity contribution in [3.8, 4) is 29.0 Å². The van der Waals surface area contributed by atoms with E-state index in [1.807, 2.05) is 13.0 Å². The molecule has 9 heteroatoms. The van der Waals surface area contributed by atoms with E-state index in [9.17, 15) is 10.1 Å². The van der Waals surface area contributed by atoms with Crippen LogP contribution in [0, 0.1) is 11.3 Å². The molecular weight excluding hydrogens is 420 g/mol. The number of carbonyl (C=O) groups is 1. The second-order valence-corrected chi connectivity index (χ2v) is 7.28. The standard InChI is InChI=1S/C24H22N6O3/c1-4-33-23-18(16-7-5-6-15(10-16)11-25)8-9-20(28-23)24(31)30(2)14-19-21-17(13-27-29-21)12-26-22(19)32-3/h5-10,12-13H,4,14H2,1-3H3,(H,27,29). The number of pyridine rings is 2. The van der Waals surface area contributed by atoms with Gasteiger partial charge in [-0.15, -0.1) is 0 Å². The first-order valence-electron chi connectivity index (χ1n) is 10.3. The molecule has 1 N–H and O–H groups in total. The molecule has 9 nitrogen and oxygen atoms in total. The van der Waals surface area contributed by atoms with Crippen LogP contribution < -0.4 is 9.47 Å². The van der Waals surface area contributed by atoms with Gasteiger partial charge in [-0.1, -0.05) is 12.1 Å². The second-order valence-electron chi connectivity index (χ2n) is 7.28. The molecule has 0 radical (unpaired) electrons. The fourth-order valence-electron chi connectivity index (χ4n) is 3.56. The van der Waals surface area contributed by atoms with Crippen molar-refractivity contribution in [1.29, 1.82) is 5.26 Å². The Labute approximate surface area is 190 Å². The van der Waals surface area contributed by atoms with Gasteiger partial charge in [-0.05, 0) is 36.8 Å².